The zero-order valence-electron chi connectivity index (χ0n) is 21.8. The quantitative estimate of drug-likeness (QED) is 0.411. The van der Waals surface area contributed by atoms with Crippen LogP contribution in [0.4, 0.5) is 10.5 Å². The zero-order chi connectivity index (χ0) is 27.1. The molecule has 1 aliphatic rings. The molecule has 2 unspecified atom stereocenters. The van der Waals surface area contributed by atoms with Crippen molar-refractivity contribution in [2.75, 3.05) is 18.0 Å². The van der Waals surface area contributed by atoms with Crippen molar-refractivity contribution in [3.8, 4) is 17.6 Å². The molecule has 3 aromatic rings. The van der Waals surface area contributed by atoms with Crippen LogP contribution in [0, 0.1) is 11.3 Å². The van der Waals surface area contributed by atoms with E-state index in [1.54, 1.807) is 26.8 Å². The highest BCUT2D eigenvalue weighted by Crippen LogP contribution is 2.30. The largest absolute Gasteiger partial charge is 0.457 e. The molecule has 1 fully saturated rings. The fourth-order valence-corrected chi connectivity index (χ4v) is 5.01. The van der Waals surface area contributed by atoms with Crippen LogP contribution in [0.15, 0.2) is 66.0 Å². The van der Waals surface area contributed by atoms with Gasteiger partial charge in [0.15, 0.2) is 0 Å². The van der Waals surface area contributed by atoms with Gasteiger partial charge in [-0.25, -0.2) is 4.79 Å². The van der Waals surface area contributed by atoms with Crippen molar-refractivity contribution in [2.45, 2.75) is 51.3 Å². The van der Waals surface area contributed by atoms with E-state index in [0.29, 0.717) is 36.6 Å². The monoisotopic (exact) mass is 532 g/mol. The van der Waals surface area contributed by atoms with Gasteiger partial charge in [-0.3, -0.25) is 4.79 Å². The highest BCUT2D eigenvalue weighted by atomic mass is 32.1. The minimum atomic E-state index is -0.762. The number of alkyl carbamates (subject to hydrolysis) is 1. The standard InChI is InChI=1S/C29H32N4O4S/c1-29(2,3)37-28(35)32-25(17-24-10-7-15-38-24)27(34)31-21-13-14-33(19-21)26-12-11-23(16-20(26)18-30)36-22-8-5-4-6-9-22/h4-12,15-16,21,25H,13-14,17,19H2,1-3H3,(H,31,34)(H,32,35). The number of rotatable bonds is 8. The van der Waals surface area contributed by atoms with E-state index in [9.17, 15) is 14.9 Å². The highest BCUT2D eigenvalue weighted by Gasteiger charge is 2.30. The molecule has 0 saturated carbocycles. The maximum Gasteiger partial charge on any atom is 0.408 e. The number of benzene rings is 2. The molecule has 38 heavy (non-hydrogen) atoms. The summed E-state index contributed by atoms with van der Waals surface area (Å²) in [6.45, 7) is 6.59. The maximum absolute atomic E-state index is 13.2. The first-order valence-corrected chi connectivity index (χ1v) is 13.4. The van der Waals surface area contributed by atoms with Crippen molar-refractivity contribution >= 4 is 29.0 Å². The average Bonchev–Trinajstić information content (AvgIpc) is 3.55. The van der Waals surface area contributed by atoms with Crippen LogP contribution in [0.3, 0.4) is 0 Å². The number of anilines is 1. The number of thiophene rings is 1. The molecule has 0 aliphatic carbocycles. The van der Waals surface area contributed by atoms with Gasteiger partial charge >= 0.3 is 6.09 Å². The van der Waals surface area contributed by atoms with E-state index >= 15 is 0 Å². The van der Waals surface area contributed by atoms with Gasteiger partial charge in [-0.05, 0) is 62.9 Å². The third kappa shape index (κ3) is 7.49. The van der Waals surface area contributed by atoms with Crippen LogP contribution in [-0.2, 0) is 16.0 Å². The third-order valence-corrected chi connectivity index (χ3v) is 6.83. The van der Waals surface area contributed by atoms with E-state index in [2.05, 4.69) is 21.6 Å². The predicted octanol–water partition coefficient (Wildman–Crippen LogP) is 5.24. The number of nitriles is 1. The Labute approximate surface area is 227 Å². The molecule has 1 aromatic heterocycles. The van der Waals surface area contributed by atoms with Crippen LogP contribution < -0.4 is 20.3 Å². The van der Waals surface area contributed by atoms with Crippen LogP contribution in [0.5, 0.6) is 11.5 Å². The summed E-state index contributed by atoms with van der Waals surface area (Å²) in [6, 6.07) is 20.1. The number of amides is 2. The lowest BCUT2D eigenvalue weighted by atomic mass is 10.1. The molecule has 2 N–H and O–H groups in total. The Kier molecular flexibility index (Phi) is 8.54. The Morgan fingerprint density at radius 2 is 1.92 bits per heavy atom. The van der Waals surface area contributed by atoms with Crippen LogP contribution in [-0.4, -0.2) is 42.8 Å². The third-order valence-electron chi connectivity index (χ3n) is 5.94. The van der Waals surface area contributed by atoms with Gasteiger partial charge in [0.1, 0.15) is 29.2 Å². The molecule has 4 rings (SSSR count). The van der Waals surface area contributed by atoms with Gasteiger partial charge in [0.05, 0.1) is 11.3 Å². The Morgan fingerprint density at radius 1 is 1.13 bits per heavy atom. The van der Waals surface area contributed by atoms with E-state index < -0.39 is 17.7 Å². The Hall–Kier alpha value is -4.03. The van der Waals surface area contributed by atoms with Crippen molar-refractivity contribution in [3.63, 3.8) is 0 Å². The molecule has 2 aromatic carbocycles. The molecule has 2 atom stereocenters. The molecule has 0 spiro atoms. The molecular weight excluding hydrogens is 500 g/mol. The number of hydrogen-bond acceptors (Lipinski definition) is 7. The maximum atomic E-state index is 13.2. The summed E-state index contributed by atoms with van der Waals surface area (Å²) in [5.41, 5.74) is 0.638. The first kappa shape index (κ1) is 27.0. The summed E-state index contributed by atoms with van der Waals surface area (Å²) in [5, 5.41) is 17.6. The van der Waals surface area contributed by atoms with Gasteiger partial charge in [0, 0.05) is 36.5 Å². The summed E-state index contributed by atoms with van der Waals surface area (Å²) in [7, 11) is 0. The normalized spacial score (nSPS) is 15.8. The number of nitrogens with zero attached hydrogens (tertiary/aromatic N) is 2. The number of para-hydroxylation sites is 1. The van der Waals surface area contributed by atoms with Gasteiger partial charge in [-0.1, -0.05) is 24.3 Å². The van der Waals surface area contributed by atoms with Crippen molar-refractivity contribution in [3.05, 3.63) is 76.5 Å². The molecule has 0 radical (unpaired) electrons. The van der Waals surface area contributed by atoms with Gasteiger partial charge < -0.3 is 25.0 Å². The van der Waals surface area contributed by atoms with Crippen molar-refractivity contribution in [1.82, 2.24) is 10.6 Å². The van der Waals surface area contributed by atoms with Crippen LogP contribution in [0.1, 0.15) is 37.6 Å². The van der Waals surface area contributed by atoms with Crippen LogP contribution in [0.2, 0.25) is 0 Å². The number of ether oxygens (including phenoxy) is 2. The molecule has 2 heterocycles. The van der Waals surface area contributed by atoms with E-state index in [0.717, 1.165) is 17.0 Å². The van der Waals surface area contributed by atoms with Crippen molar-refractivity contribution < 1.29 is 19.1 Å². The van der Waals surface area contributed by atoms with E-state index in [1.165, 1.54) is 11.3 Å². The summed E-state index contributed by atoms with van der Waals surface area (Å²) < 4.78 is 11.3. The Balaban J connectivity index is 1.40. The number of carbonyl (C=O) groups excluding carboxylic acids is 2. The van der Waals surface area contributed by atoms with Crippen molar-refractivity contribution in [1.29, 1.82) is 5.26 Å². The predicted molar refractivity (Wildman–Crippen MR) is 148 cm³/mol. The lowest BCUT2D eigenvalue weighted by Crippen LogP contribution is -2.52. The summed E-state index contributed by atoms with van der Waals surface area (Å²) in [6.07, 6.45) is 0.469. The fraction of sp³-hybridized carbons (Fsp3) is 0.345. The molecule has 8 nitrogen and oxygen atoms in total. The first-order chi connectivity index (χ1) is 18.2. The lowest BCUT2D eigenvalue weighted by Gasteiger charge is -2.24. The summed E-state index contributed by atoms with van der Waals surface area (Å²) in [4.78, 5) is 28.8. The second kappa shape index (κ2) is 12.0. The first-order valence-electron chi connectivity index (χ1n) is 12.5. The van der Waals surface area contributed by atoms with E-state index in [1.807, 2.05) is 60.0 Å². The second-order valence-electron chi connectivity index (χ2n) is 10.1. The average molecular weight is 533 g/mol. The number of carbonyl (C=O) groups is 2. The minimum absolute atomic E-state index is 0.124. The molecular formula is C29H32N4O4S. The van der Waals surface area contributed by atoms with Gasteiger partial charge in [0.2, 0.25) is 5.91 Å². The summed E-state index contributed by atoms with van der Waals surface area (Å²) in [5.74, 6) is 1.03. The van der Waals surface area contributed by atoms with E-state index in [-0.39, 0.29) is 11.9 Å². The zero-order valence-corrected chi connectivity index (χ0v) is 22.6. The van der Waals surface area contributed by atoms with Gasteiger partial charge in [-0.15, -0.1) is 11.3 Å². The molecule has 0 bridgehead atoms. The van der Waals surface area contributed by atoms with Gasteiger partial charge in [0.25, 0.3) is 0 Å². The number of hydrogen-bond donors (Lipinski definition) is 2. The van der Waals surface area contributed by atoms with Gasteiger partial charge in [-0.2, -0.15) is 5.26 Å². The smallest absolute Gasteiger partial charge is 0.408 e. The second-order valence-corrected chi connectivity index (χ2v) is 11.2. The Morgan fingerprint density at radius 3 is 2.61 bits per heavy atom. The fourth-order valence-electron chi connectivity index (χ4n) is 4.26. The lowest BCUT2D eigenvalue weighted by molar-refractivity contribution is -0.123. The minimum Gasteiger partial charge on any atom is -0.457 e. The summed E-state index contributed by atoms with van der Waals surface area (Å²) >= 11 is 1.53. The van der Waals surface area contributed by atoms with E-state index in [4.69, 9.17) is 9.47 Å². The molecule has 9 heteroatoms. The molecule has 1 aliphatic heterocycles. The molecule has 2 amide bonds. The Bertz CT molecular complexity index is 1280. The SMILES string of the molecule is CC(C)(C)OC(=O)NC(Cc1cccs1)C(=O)NC1CCN(c2ccc(Oc3ccccc3)cc2C#N)C1. The van der Waals surface area contributed by atoms with Crippen molar-refractivity contribution in [2.24, 2.45) is 0 Å². The van der Waals surface area contributed by atoms with Crippen LogP contribution in [0.25, 0.3) is 0 Å². The molecule has 198 valence electrons. The van der Waals surface area contributed by atoms with Crippen LogP contribution >= 0.6 is 11.3 Å². The molecule has 1 saturated heterocycles. The number of nitrogens with one attached hydrogen (secondary N) is 2. The highest BCUT2D eigenvalue weighted by molar-refractivity contribution is 7.09. The topological polar surface area (TPSA) is 104 Å².